The number of carbonyl (C=O) groups excluding carboxylic acids is 1. The van der Waals surface area contributed by atoms with Crippen LogP contribution in [0, 0.1) is 11.8 Å². The molecule has 0 fully saturated rings. The van der Waals surface area contributed by atoms with Gasteiger partial charge in [-0.05, 0) is 42.2 Å². The molecule has 4 nitrogen and oxygen atoms in total. The van der Waals surface area contributed by atoms with Gasteiger partial charge in [0.25, 0.3) is 0 Å². The van der Waals surface area contributed by atoms with Gasteiger partial charge in [-0.2, -0.15) is 0 Å². The fourth-order valence-electron chi connectivity index (χ4n) is 2.65. The third kappa shape index (κ3) is 6.43. The first-order valence-electron chi connectivity index (χ1n) is 9.26. The Morgan fingerprint density at radius 1 is 1.04 bits per heavy atom. The molecule has 2 rings (SSSR count). The minimum atomic E-state index is -0.262. The molecule has 0 aliphatic carbocycles. The molecule has 2 N–H and O–H groups in total. The van der Waals surface area contributed by atoms with Crippen molar-refractivity contribution in [1.82, 2.24) is 0 Å². The van der Waals surface area contributed by atoms with Crippen molar-refractivity contribution in [3.63, 3.8) is 0 Å². The summed E-state index contributed by atoms with van der Waals surface area (Å²) in [6.07, 6.45) is 1.07. The molecule has 0 aromatic heterocycles. The monoisotopic (exact) mass is 354 g/mol. The maximum Gasteiger partial charge on any atom is 0.222 e. The lowest BCUT2D eigenvalue weighted by molar-refractivity contribution is -0.121. The Hall–Kier alpha value is -2.49. The van der Waals surface area contributed by atoms with Crippen LogP contribution in [0.3, 0.4) is 0 Å². The summed E-state index contributed by atoms with van der Waals surface area (Å²) < 4.78 is 5.85. The first kappa shape index (κ1) is 19.8. The molecule has 0 bridgehead atoms. The number of hydrogen-bond acceptors (Lipinski definition) is 3. The third-order valence-corrected chi connectivity index (χ3v) is 4.41. The van der Waals surface area contributed by atoms with Crippen molar-refractivity contribution in [3.8, 4) is 5.75 Å². The third-order valence-electron chi connectivity index (χ3n) is 4.41. The first-order chi connectivity index (χ1) is 12.5. The Bertz CT molecular complexity index is 668. The summed E-state index contributed by atoms with van der Waals surface area (Å²) in [5.41, 5.74) is 7.68. The number of carbonyl (C=O) groups is 1. The number of benzene rings is 2. The average molecular weight is 354 g/mol. The molecule has 2 aromatic carbocycles. The molecule has 0 saturated heterocycles. The van der Waals surface area contributed by atoms with Gasteiger partial charge in [-0.1, -0.05) is 51.1 Å². The van der Waals surface area contributed by atoms with E-state index in [4.69, 9.17) is 10.5 Å². The molecule has 0 aliphatic heterocycles. The van der Waals surface area contributed by atoms with Crippen LogP contribution in [0.4, 0.5) is 5.69 Å². The predicted octanol–water partition coefficient (Wildman–Crippen LogP) is 4.24. The number of anilines is 1. The summed E-state index contributed by atoms with van der Waals surface area (Å²) >= 11 is 0. The maximum absolute atomic E-state index is 11.5. The summed E-state index contributed by atoms with van der Waals surface area (Å²) in [6.45, 7) is 8.37. The van der Waals surface area contributed by atoms with E-state index in [1.807, 2.05) is 61.5 Å². The highest BCUT2D eigenvalue weighted by Gasteiger charge is 2.15. The summed E-state index contributed by atoms with van der Waals surface area (Å²) in [7, 11) is 0. The standard InChI is InChI=1S/C22H30N2O2/c1-17(2)13-14-24(15-18(3)22(23)25)20-9-11-21(12-10-20)26-16-19-7-5-4-6-8-19/h4-12,17-18H,13-16H2,1-3H3,(H2,23,25). The van der Waals surface area contributed by atoms with Crippen LogP contribution in [-0.4, -0.2) is 19.0 Å². The van der Waals surface area contributed by atoms with Gasteiger partial charge in [0.05, 0.1) is 5.92 Å². The summed E-state index contributed by atoms with van der Waals surface area (Å²) in [6, 6.07) is 18.2. The molecule has 2 aromatic rings. The Morgan fingerprint density at radius 2 is 1.69 bits per heavy atom. The first-order valence-corrected chi connectivity index (χ1v) is 9.26. The maximum atomic E-state index is 11.5. The van der Waals surface area contributed by atoms with Gasteiger partial charge in [0.2, 0.25) is 5.91 Å². The smallest absolute Gasteiger partial charge is 0.222 e. The quantitative estimate of drug-likeness (QED) is 0.694. The van der Waals surface area contributed by atoms with Crippen LogP contribution in [0.25, 0.3) is 0 Å². The number of nitrogens with two attached hydrogens (primary N) is 1. The molecule has 0 heterocycles. The predicted molar refractivity (Wildman–Crippen MR) is 107 cm³/mol. The van der Waals surface area contributed by atoms with E-state index in [9.17, 15) is 4.79 Å². The van der Waals surface area contributed by atoms with Crippen LogP contribution in [-0.2, 0) is 11.4 Å². The van der Waals surface area contributed by atoms with Gasteiger partial charge in [0, 0.05) is 18.8 Å². The topological polar surface area (TPSA) is 55.6 Å². The molecule has 0 saturated carbocycles. The second-order valence-corrected chi connectivity index (χ2v) is 7.20. The van der Waals surface area contributed by atoms with E-state index in [1.165, 1.54) is 0 Å². The van der Waals surface area contributed by atoms with Crippen LogP contribution in [0.15, 0.2) is 54.6 Å². The van der Waals surface area contributed by atoms with E-state index in [-0.39, 0.29) is 11.8 Å². The van der Waals surface area contributed by atoms with Crippen LogP contribution in [0.2, 0.25) is 0 Å². The number of ether oxygens (including phenoxy) is 1. The van der Waals surface area contributed by atoms with Crippen LogP contribution in [0.5, 0.6) is 5.75 Å². The number of primary amides is 1. The minimum Gasteiger partial charge on any atom is -0.489 e. The van der Waals surface area contributed by atoms with Crippen molar-refractivity contribution >= 4 is 11.6 Å². The lowest BCUT2D eigenvalue weighted by Crippen LogP contribution is -2.35. The second kappa shape index (κ2) is 9.85. The summed E-state index contributed by atoms with van der Waals surface area (Å²) in [5.74, 6) is 0.998. The van der Waals surface area contributed by atoms with Crippen LogP contribution < -0.4 is 15.4 Å². The largest absolute Gasteiger partial charge is 0.489 e. The molecule has 26 heavy (non-hydrogen) atoms. The molecule has 0 radical (unpaired) electrons. The number of hydrogen-bond donors (Lipinski definition) is 1. The Morgan fingerprint density at radius 3 is 2.27 bits per heavy atom. The van der Waals surface area contributed by atoms with E-state index in [1.54, 1.807) is 0 Å². The van der Waals surface area contributed by atoms with Crippen molar-refractivity contribution in [2.45, 2.75) is 33.8 Å². The average Bonchev–Trinajstić information content (AvgIpc) is 2.64. The number of amides is 1. The van der Waals surface area contributed by atoms with Gasteiger partial charge < -0.3 is 15.4 Å². The van der Waals surface area contributed by atoms with Gasteiger partial charge in [-0.3, -0.25) is 4.79 Å². The zero-order chi connectivity index (χ0) is 18.9. The summed E-state index contributed by atoms with van der Waals surface area (Å²) in [5, 5.41) is 0. The van der Waals surface area contributed by atoms with Crippen molar-refractivity contribution in [2.75, 3.05) is 18.0 Å². The van der Waals surface area contributed by atoms with Crippen molar-refractivity contribution in [2.24, 2.45) is 17.6 Å². The van der Waals surface area contributed by atoms with E-state index in [2.05, 4.69) is 18.7 Å². The molecule has 1 unspecified atom stereocenters. The van der Waals surface area contributed by atoms with Crippen LogP contribution >= 0.6 is 0 Å². The van der Waals surface area contributed by atoms with Crippen molar-refractivity contribution < 1.29 is 9.53 Å². The Balaban J connectivity index is 2.01. The minimum absolute atomic E-state index is 0.184. The van der Waals surface area contributed by atoms with Crippen molar-refractivity contribution in [3.05, 3.63) is 60.2 Å². The SMILES string of the molecule is CC(C)CCN(CC(C)C(N)=O)c1ccc(OCc2ccccc2)cc1. The molecule has 1 atom stereocenters. The van der Waals surface area contributed by atoms with Crippen LogP contribution in [0.1, 0.15) is 32.8 Å². The lowest BCUT2D eigenvalue weighted by Gasteiger charge is -2.28. The number of rotatable bonds is 10. The number of nitrogens with zero attached hydrogens (tertiary/aromatic N) is 1. The highest BCUT2D eigenvalue weighted by Crippen LogP contribution is 2.22. The van der Waals surface area contributed by atoms with Gasteiger partial charge >= 0.3 is 0 Å². The molecule has 1 amide bonds. The van der Waals surface area contributed by atoms with E-state index in [0.717, 1.165) is 30.0 Å². The highest BCUT2D eigenvalue weighted by molar-refractivity contribution is 5.77. The lowest BCUT2D eigenvalue weighted by atomic mass is 10.1. The van der Waals surface area contributed by atoms with Gasteiger partial charge in [-0.25, -0.2) is 0 Å². The van der Waals surface area contributed by atoms with Gasteiger partial charge in [0.1, 0.15) is 12.4 Å². The van der Waals surface area contributed by atoms with Crippen molar-refractivity contribution in [1.29, 1.82) is 0 Å². The molecule has 4 heteroatoms. The highest BCUT2D eigenvalue weighted by atomic mass is 16.5. The fourth-order valence-corrected chi connectivity index (χ4v) is 2.65. The van der Waals surface area contributed by atoms with E-state index in [0.29, 0.717) is 19.1 Å². The zero-order valence-corrected chi connectivity index (χ0v) is 16.0. The fraction of sp³-hybridized carbons (Fsp3) is 0.409. The molecule has 0 aliphatic rings. The normalized spacial score (nSPS) is 12.0. The zero-order valence-electron chi connectivity index (χ0n) is 16.0. The Kier molecular flexibility index (Phi) is 7.52. The molecular formula is C22H30N2O2. The van der Waals surface area contributed by atoms with Gasteiger partial charge in [-0.15, -0.1) is 0 Å². The molecule has 140 valence electrons. The molecular weight excluding hydrogens is 324 g/mol. The summed E-state index contributed by atoms with van der Waals surface area (Å²) in [4.78, 5) is 13.7. The van der Waals surface area contributed by atoms with E-state index < -0.39 is 0 Å². The van der Waals surface area contributed by atoms with Gasteiger partial charge in [0.15, 0.2) is 0 Å². The Labute approximate surface area is 157 Å². The molecule has 0 spiro atoms. The second-order valence-electron chi connectivity index (χ2n) is 7.20. The van der Waals surface area contributed by atoms with E-state index >= 15 is 0 Å².